The average Bonchev–Trinajstić information content (AvgIpc) is 2.80. The Balaban J connectivity index is 2.08. The van der Waals surface area contributed by atoms with Crippen LogP contribution in [-0.2, 0) is 0 Å². The third-order valence-corrected chi connectivity index (χ3v) is 6.42. The van der Waals surface area contributed by atoms with Gasteiger partial charge in [-0.15, -0.1) is 0 Å². The molecule has 0 aliphatic heterocycles. The van der Waals surface area contributed by atoms with Crippen molar-refractivity contribution in [1.82, 2.24) is 0 Å². The van der Waals surface area contributed by atoms with Gasteiger partial charge >= 0.3 is 0 Å². The summed E-state index contributed by atoms with van der Waals surface area (Å²) in [4.78, 5) is 0. The minimum atomic E-state index is 0.277. The fourth-order valence-electron chi connectivity index (χ4n) is 5.59. The van der Waals surface area contributed by atoms with E-state index in [1.807, 2.05) is 0 Å². The van der Waals surface area contributed by atoms with Gasteiger partial charge < -0.3 is 5.11 Å². The predicted molar refractivity (Wildman–Crippen MR) is 66.0 cm³/mol. The summed E-state index contributed by atoms with van der Waals surface area (Å²) in [6.45, 7) is 7.53. The van der Waals surface area contributed by atoms with E-state index in [1.165, 1.54) is 31.3 Å². The second-order valence-corrected chi connectivity index (χ2v) is 6.72. The molecule has 0 aromatic carbocycles. The third-order valence-electron chi connectivity index (χ3n) is 6.42. The van der Waals surface area contributed by atoms with E-state index in [0.29, 0.717) is 16.7 Å². The number of hydrogen-bond acceptors (Lipinski definition) is 1. The molecule has 2 fully saturated rings. The predicted octanol–water partition coefficient (Wildman–Crippen LogP) is 3.39. The van der Waals surface area contributed by atoms with Crippen molar-refractivity contribution in [2.45, 2.75) is 46.5 Å². The van der Waals surface area contributed by atoms with Crippen LogP contribution in [0.2, 0.25) is 0 Å². The lowest BCUT2D eigenvalue weighted by Crippen LogP contribution is -2.38. The van der Waals surface area contributed by atoms with Crippen LogP contribution in [0.15, 0.2) is 11.6 Å². The van der Waals surface area contributed by atoms with Gasteiger partial charge in [-0.1, -0.05) is 26.8 Å². The summed E-state index contributed by atoms with van der Waals surface area (Å²) >= 11 is 0. The van der Waals surface area contributed by atoms with Crippen LogP contribution in [0.1, 0.15) is 46.5 Å². The molecule has 1 heteroatoms. The van der Waals surface area contributed by atoms with E-state index in [1.54, 1.807) is 0 Å². The number of rotatable bonds is 1. The molecule has 0 unspecified atom stereocenters. The van der Waals surface area contributed by atoms with Gasteiger partial charge in [0.25, 0.3) is 0 Å². The van der Waals surface area contributed by atoms with E-state index in [0.717, 1.165) is 11.8 Å². The highest BCUT2D eigenvalue weighted by molar-refractivity contribution is 5.32. The lowest BCUT2D eigenvalue weighted by Gasteiger charge is -2.42. The summed E-state index contributed by atoms with van der Waals surface area (Å²) in [7, 11) is 0. The first-order chi connectivity index (χ1) is 7.55. The smallest absolute Gasteiger partial charge is 0.0644 e. The lowest BCUT2D eigenvalue weighted by molar-refractivity contribution is 0.0702. The molecule has 0 aromatic rings. The Bertz CT molecular complexity index is 345. The van der Waals surface area contributed by atoms with E-state index >= 15 is 0 Å². The Hall–Kier alpha value is -0.300. The van der Waals surface area contributed by atoms with Crippen molar-refractivity contribution < 1.29 is 5.11 Å². The van der Waals surface area contributed by atoms with E-state index < -0.39 is 0 Å². The monoisotopic (exact) mass is 220 g/mol. The minimum Gasteiger partial charge on any atom is -0.392 e. The van der Waals surface area contributed by atoms with Gasteiger partial charge in [-0.25, -0.2) is 0 Å². The molecule has 2 saturated carbocycles. The zero-order chi connectivity index (χ0) is 11.6. The Morgan fingerprint density at radius 3 is 2.75 bits per heavy atom. The summed E-state index contributed by atoms with van der Waals surface area (Å²) in [6, 6.07) is 0. The maximum Gasteiger partial charge on any atom is 0.0644 e. The van der Waals surface area contributed by atoms with Crippen LogP contribution < -0.4 is 0 Å². The first-order valence-electron chi connectivity index (χ1n) is 6.87. The van der Waals surface area contributed by atoms with Crippen LogP contribution in [0, 0.1) is 28.6 Å². The Morgan fingerprint density at radius 1 is 1.31 bits per heavy atom. The van der Waals surface area contributed by atoms with Crippen molar-refractivity contribution in [3.8, 4) is 0 Å². The zero-order valence-corrected chi connectivity index (χ0v) is 10.8. The molecule has 1 spiro atoms. The summed E-state index contributed by atoms with van der Waals surface area (Å²) in [5.74, 6) is 2.42. The van der Waals surface area contributed by atoms with Gasteiger partial charge in [-0.05, 0) is 59.8 Å². The first-order valence-corrected chi connectivity index (χ1v) is 6.87. The molecule has 5 atom stereocenters. The van der Waals surface area contributed by atoms with Crippen molar-refractivity contribution in [3.63, 3.8) is 0 Å². The molecule has 16 heavy (non-hydrogen) atoms. The van der Waals surface area contributed by atoms with Crippen LogP contribution in [0.4, 0.5) is 0 Å². The van der Waals surface area contributed by atoms with Gasteiger partial charge in [0.1, 0.15) is 0 Å². The van der Waals surface area contributed by atoms with Gasteiger partial charge in [0.15, 0.2) is 0 Å². The molecular formula is C15H24O. The third kappa shape index (κ3) is 0.971. The highest BCUT2D eigenvalue weighted by Crippen LogP contribution is 2.73. The van der Waals surface area contributed by atoms with Gasteiger partial charge in [0.2, 0.25) is 0 Å². The largest absolute Gasteiger partial charge is 0.392 e. The van der Waals surface area contributed by atoms with Crippen LogP contribution in [-0.4, -0.2) is 11.7 Å². The highest BCUT2D eigenvalue weighted by Gasteiger charge is 2.65. The molecule has 1 nitrogen and oxygen atoms in total. The second kappa shape index (κ2) is 3.13. The summed E-state index contributed by atoms with van der Waals surface area (Å²) in [6.07, 6.45) is 7.98. The van der Waals surface area contributed by atoms with E-state index in [4.69, 9.17) is 0 Å². The van der Waals surface area contributed by atoms with Crippen LogP contribution in [0.5, 0.6) is 0 Å². The maximum atomic E-state index is 9.52. The van der Waals surface area contributed by atoms with Crippen molar-refractivity contribution in [2.75, 3.05) is 6.61 Å². The number of aliphatic hydroxyl groups is 1. The van der Waals surface area contributed by atoms with Gasteiger partial charge in [0.05, 0.1) is 6.61 Å². The molecule has 3 aliphatic carbocycles. The molecule has 3 rings (SSSR count). The van der Waals surface area contributed by atoms with Gasteiger partial charge in [0, 0.05) is 0 Å². The van der Waals surface area contributed by atoms with E-state index in [9.17, 15) is 5.11 Å². The van der Waals surface area contributed by atoms with Crippen LogP contribution >= 0.6 is 0 Å². The number of aliphatic hydroxyl groups excluding tert-OH is 1. The first kappa shape index (κ1) is 10.8. The normalized spacial score (nSPS) is 55.0. The van der Waals surface area contributed by atoms with E-state index in [2.05, 4.69) is 26.8 Å². The maximum absolute atomic E-state index is 9.52. The number of allylic oxidation sites excluding steroid dienone is 1. The van der Waals surface area contributed by atoms with Crippen LogP contribution in [0.3, 0.4) is 0 Å². The lowest BCUT2D eigenvalue weighted by atomic mass is 9.61. The molecule has 0 aromatic heterocycles. The Labute approximate surface area is 98.9 Å². The topological polar surface area (TPSA) is 20.2 Å². The molecule has 0 amide bonds. The molecule has 0 heterocycles. The fraction of sp³-hybridized carbons (Fsp3) is 0.867. The molecule has 90 valence electrons. The SMILES string of the molecule is C[C@@H]1C(CO)=C[C@@]2(C)CC[C@@H]3[C@@H](C)CC[C@]132. The fourth-order valence-corrected chi connectivity index (χ4v) is 5.59. The molecule has 3 aliphatic rings. The molecule has 0 saturated heterocycles. The minimum absolute atomic E-state index is 0.277. The van der Waals surface area contributed by atoms with E-state index in [-0.39, 0.29) is 6.61 Å². The quantitative estimate of drug-likeness (QED) is 0.672. The summed E-state index contributed by atoms with van der Waals surface area (Å²) < 4.78 is 0. The summed E-state index contributed by atoms with van der Waals surface area (Å²) in [5, 5.41) is 9.52. The van der Waals surface area contributed by atoms with Crippen LogP contribution in [0.25, 0.3) is 0 Å². The zero-order valence-electron chi connectivity index (χ0n) is 10.8. The van der Waals surface area contributed by atoms with Crippen molar-refractivity contribution in [3.05, 3.63) is 11.6 Å². The molecule has 0 bridgehead atoms. The highest BCUT2D eigenvalue weighted by atomic mass is 16.3. The molecule has 1 N–H and O–H groups in total. The van der Waals surface area contributed by atoms with Crippen molar-refractivity contribution in [1.29, 1.82) is 0 Å². The average molecular weight is 220 g/mol. The van der Waals surface area contributed by atoms with Crippen molar-refractivity contribution in [2.24, 2.45) is 28.6 Å². The molecular weight excluding hydrogens is 196 g/mol. The molecule has 0 radical (unpaired) electrons. The van der Waals surface area contributed by atoms with Crippen molar-refractivity contribution >= 4 is 0 Å². The number of hydrogen-bond donors (Lipinski definition) is 1. The van der Waals surface area contributed by atoms with Gasteiger partial charge in [-0.3, -0.25) is 0 Å². The standard InChI is InChI=1S/C15H24O/c1-10-4-7-15-11(2)12(9-16)8-14(15,3)6-5-13(10)15/h8,10-11,13,16H,4-7,9H2,1-3H3/t10-,11+,13+,14+,15-/m0/s1. The Kier molecular flexibility index (Phi) is 2.12. The second-order valence-electron chi connectivity index (χ2n) is 6.72. The Morgan fingerprint density at radius 2 is 2.06 bits per heavy atom. The summed E-state index contributed by atoms with van der Waals surface area (Å²) in [5.41, 5.74) is 2.21. The van der Waals surface area contributed by atoms with Gasteiger partial charge in [-0.2, -0.15) is 0 Å².